The number of hydrogen-bond donors (Lipinski definition) is 3. The Bertz CT molecular complexity index is 1060. The highest BCUT2D eigenvalue weighted by Crippen LogP contribution is 2.34. The van der Waals surface area contributed by atoms with Crippen molar-refractivity contribution in [2.24, 2.45) is 0 Å². The Labute approximate surface area is 163 Å². The molecule has 0 aliphatic carbocycles. The average molecular weight is 407 g/mol. The van der Waals surface area contributed by atoms with E-state index in [1.54, 1.807) is 42.5 Å². The van der Waals surface area contributed by atoms with Crippen LogP contribution in [0.15, 0.2) is 53.3 Å². The SMILES string of the molecule is O=C(Cc1ccccc1Nc1c(Cl)cccc1Cl)c1cc(F)c(=O)[nH]c1O. The van der Waals surface area contributed by atoms with E-state index >= 15 is 0 Å². The number of H-pyrrole nitrogens is 1. The monoisotopic (exact) mass is 406 g/mol. The van der Waals surface area contributed by atoms with Crippen LogP contribution in [0, 0.1) is 5.82 Å². The molecular weight excluding hydrogens is 394 g/mol. The van der Waals surface area contributed by atoms with Crippen molar-refractivity contribution in [2.75, 3.05) is 5.32 Å². The summed E-state index contributed by atoms with van der Waals surface area (Å²) in [5, 5.41) is 13.7. The van der Waals surface area contributed by atoms with E-state index in [4.69, 9.17) is 23.2 Å². The first-order valence-corrected chi connectivity index (χ1v) is 8.56. The van der Waals surface area contributed by atoms with Crippen LogP contribution in [-0.4, -0.2) is 15.9 Å². The smallest absolute Gasteiger partial charge is 0.286 e. The molecule has 2 aromatic carbocycles. The number of halogens is 3. The number of para-hydroxylation sites is 2. The van der Waals surface area contributed by atoms with E-state index in [-0.39, 0.29) is 12.0 Å². The van der Waals surface area contributed by atoms with Gasteiger partial charge in [0.15, 0.2) is 11.6 Å². The van der Waals surface area contributed by atoms with Crippen molar-refractivity contribution in [1.29, 1.82) is 0 Å². The molecule has 0 saturated heterocycles. The van der Waals surface area contributed by atoms with E-state index in [0.29, 0.717) is 27.0 Å². The van der Waals surface area contributed by atoms with Crippen molar-refractivity contribution >= 4 is 40.4 Å². The number of hydrogen-bond acceptors (Lipinski definition) is 4. The number of carbonyl (C=O) groups excluding carboxylic acids is 1. The Balaban J connectivity index is 1.92. The fraction of sp³-hybridized carbons (Fsp3) is 0.0526. The Morgan fingerprint density at radius 2 is 1.78 bits per heavy atom. The fourth-order valence-corrected chi connectivity index (χ4v) is 3.02. The predicted octanol–water partition coefficient (Wildman–Crippen LogP) is 4.70. The molecule has 5 nitrogen and oxygen atoms in total. The van der Waals surface area contributed by atoms with Crippen molar-refractivity contribution in [2.45, 2.75) is 6.42 Å². The average Bonchev–Trinajstić information content (AvgIpc) is 2.62. The van der Waals surface area contributed by atoms with Gasteiger partial charge in [-0.3, -0.25) is 14.6 Å². The molecule has 0 radical (unpaired) electrons. The largest absolute Gasteiger partial charge is 0.494 e. The highest BCUT2D eigenvalue weighted by molar-refractivity contribution is 6.39. The third-order valence-electron chi connectivity index (χ3n) is 3.87. The van der Waals surface area contributed by atoms with Gasteiger partial charge >= 0.3 is 0 Å². The Kier molecular flexibility index (Phi) is 5.48. The summed E-state index contributed by atoms with van der Waals surface area (Å²) in [7, 11) is 0. The molecule has 3 N–H and O–H groups in total. The lowest BCUT2D eigenvalue weighted by Crippen LogP contribution is -2.15. The lowest BCUT2D eigenvalue weighted by atomic mass is 10.0. The Morgan fingerprint density at radius 1 is 1.11 bits per heavy atom. The molecule has 0 saturated carbocycles. The second kappa shape index (κ2) is 7.82. The third kappa shape index (κ3) is 4.13. The summed E-state index contributed by atoms with van der Waals surface area (Å²) in [6, 6.07) is 12.7. The maximum Gasteiger partial charge on any atom is 0.286 e. The second-order valence-corrected chi connectivity index (χ2v) is 6.50. The summed E-state index contributed by atoms with van der Waals surface area (Å²) in [6.07, 6.45) is -0.149. The van der Waals surface area contributed by atoms with E-state index in [0.717, 1.165) is 6.07 Å². The lowest BCUT2D eigenvalue weighted by molar-refractivity contribution is 0.0989. The zero-order chi connectivity index (χ0) is 19.6. The molecule has 0 aliphatic heterocycles. The van der Waals surface area contributed by atoms with Gasteiger partial charge in [-0.05, 0) is 29.8 Å². The number of aromatic amines is 1. The number of nitrogens with one attached hydrogen (secondary N) is 2. The predicted molar refractivity (Wildman–Crippen MR) is 103 cm³/mol. The molecule has 0 bridgehead atoms. The Morgan fingerprint density at radius 3 is 2.48 bits per heavy atom. The van der Waals surface area contributed by atoms with Crippen LogP contribution in [0.1, 0.15) is 15.9 Å². The van der Waals surface area contributed by atoms with E-state index in [9.17, 15) is 19.1 Å². The molecule has 1 aromatic heterocycles. The molecule has 0 aliphatic rings. The van der Waals surface area contributed by atoms with Gasteiger partial charge in [-0.1, -0.05) is 47.5 Å². The van der Waals surface area contributed by atoms with Gasteiger partial charge in [-0.25, -0.2) is 4.39 Å². The molecule has 8 heteroatoms. The van der Waals surface area contributed by atoms with E-state index in [1.165, 1.54) is 0 Å². The normalized spacial score (nSPS) is 10.6. The van der Waals surface area contributed by atoms with Crippen molar-refractivity contribution in [1.82, 2.24) is 4.98 Å². The number of anilines is 2. The van der Waals surface area contributed by atoms with Gasteiger partial charge in [0.1, 0.15) is 0 Å². The number of carbonyl (C=O) groups is 1. The molecule has 27 heavy (non-hydrogen) atoms. The lowest BCUT2D eigenvalue weighted by Gasteiger charge is -2.14. The van der Waals surface area contributed by atoms with Crippen molar-refractivity contribution in [3.05, 3.63) is 85.9 Å². The zero-order valence-electron chi connectivity index (χ0n) is 13.7. The third-order valence-corrected chi connectivity index (χ3v) is 4.50. The van der Waals surface area contributed by atoms with Gasteiger partial charge in [0, 0.05) is 12.1 Å². The van der Waals surface area contributed by atoms with Gasteiger partial charge in [-0.15, -0.1) is 0 Å². The van der Waals surface area contributed by atoms with E-state index in [1.807, 2.05) is 4.98 Å². The molecule has 0 fully saturated rings. The topological polar surface area (TPSA) is 82.2 Å². The summed E-state index contributed by atoms with van der Waals surface area (Å²) in [5.74, 6) is -2.39. The molecule has 3 rings (SSSR count). The van der Waals surface area contributed by atoms with Crippen molar-refractivity contribution < 1.29 is 14.3 Å². The first kappa shape index (κ1) is 18.9. The maximum atomic E-state index is 13.5. The number of pyridine rings is 1. The van der Waals surface area contributed by atoms with Crippen molar-refractivity contribution in [3.8, 4) is 5.88 Å². The van der Waals surface area contributed by atoms with Crippen LogP contribution in [0.5, 0.6) is 5.88 Å². The van der Waals surface area contributed by atoms with Crippen LogP contribution in [0.3, 0.4) is 0 Å². The summed E-state index contributed by atoms with van der Waals surface area (Å²) in [4.78, 5) is 25.6. The van der Waals surface area contributed by atoms with Crippen LogP contribution in [0.4, 0.5) is 15.8 Å². The number of benzene rings is 2. The molecule has 0 unspecified atom stereocenters. The minimum atomic E-state index is -1.15. The molecule has 1 heterocycles. The number of aromatic nitrogens is 1. The van der Waals surface area contributed by atoms with Crippen LogP contribution >= 0.6 is 23.2 Å². The minimum Gasteiger partial charge on any atom is -0.494 e. The summed E-state index contributed by atoms with van der Waals surface area (Å²) < 4.78 is 13.5. The minimum absolute atomic E-state index is 0.149. The summed E-state index contributed by atoms with van der Waals surface area (Å²) in [6.45, 7) is 0. The van der Waals surface area contributed by atoms with Gasteiger partial charge in [0.05, 0.1) is 21.3 Å². The van der Waals surface area contributed by atoms with Gasteiger partial charge in [0.2, 0.25) is 5.88 Å². The van der Waals surface area contributed by atoms with Gasteiger partial charge < -0.3 is 10.4 Å². The molecule has 3 aromatic rings. The van der Waals surface area contributed by atoms with Crippen molar-refractivity contribution in [3.63, 3.8) is 0 Å². The van der Waals surface area contributed by atoms with Crippen LogP contribution in [-0.2, 0) is 6.42 Å². The van der Waals surface area contributed by atoms with Crippen LogP contribution < -0.4 is 10.9 Å². The van der Waals surface area contributed by atoms with Gasteiger partial charge in [-0.2, -0.15) is 0 Å². The van der Waals surface area contributed by atoms with Gasteiger partial charge in [0.25, 0.3) is 5.56 Å². The highest BCUT2D eigenvalue weighted by atomic mass is 35.5. The number of Topliss-reactive ketones (excluding diaryl/α,β-unsaturated/α-hetero) is 1. The van der Waals surface area contributed by atoms with Crippen LogP contribution in [0.2, 0.25) is 10.0 Å². The Hall–Kier alpha value is -2.83. The zero-order valence-corrected chi connectivity index (χ0v) is 15.2. The number of ketones is 1. The van der Waals surface area contributed by atoms with E-state index in [2.05, 4.69) is 5.32 Å². The number of aromatic hydroxyl groups is 1. The molecule has 0 amide bonds. The van der Waals surface area contributed by atoms with E-state index < -0.39 is 23.0 Å². The summed E-state index contributed by atoms with van der Waals surface area (Å²) >= 11 is 12.3. The standard InChI is InChI=1S/C19H13Cl2FN2O3/c20-12-5-3-6-13(21)17(12)23-15-7-2-1-4-10(15)8-16(25)11-9-14(22)19(27)24-18(11)26/h1-7,9,23H,8H2,(H2,24,26,27). The van der Waals surface area contributed by atoms with Crippen LogP contribution in [0.25, 0.3) is 0 Å². The first-order chi connectivity index (χ1) is 12.9. The maximum absolute atomic E-state index is 13.5. The molecule has 138 valence electrons. The molecule has 0 spiro atoms. The number of rotatable bonds is 5. The molecular formula is C19H13Cl2FN2O3. The quantitative estimate of drug-likeness (QED) is 0.536. The first-order valence-electron chi connectivity index (χ1n) is 7.80. The fourth-order valence-electron chi connectivity index (χ4n) is 2.52. The molecule has 0 atom stereocenters. The second-order valence-electron chi connectivity index (χ2n) is 5.69. The summed E-state index contributed by atoms with van der Waals surface area (Å²) in [5.41, 5.74) is 0.227. The highest BCUT2D eigenvalue weighted by Gasteiger charge is 2.17.